The Balaban J connectivity index is 1.79. The lowest BCUT2D eigenvalue weighted by atomic mass is 10.0. The van der Waals surface area contributed by atoms with E-state index < -0.39 is 6.04 Å². The number of benzene rings is 2. The van der Waals surface area contributed by atoms with Crippen molar-refractivity contribution in [1.29, 1.82) is 0 Å². The van der Waals surface area contributed by atoms with Gasteiger partial charge in [-0.05, 0) is 55.7 Å². The number of carbonyl (C=O) groups is 1. The molecule has 158 valence electrons. The number of thiophene rings is 1. The average Bonchev–Trinajstić information content (AvgIpc) is 3.07. The first-order valence-electron chi connectivity index (χ1n) is 10.0. The molecule has 4 rings (SSSR count). The number of amides is 1. The molecule has 2 aromatic carbocycles. The second-order valence-electron chi connectivity index (χ2n) is 7.46. The zero-order valence-electron chi connectivity index (χ0n) is 17.5. The molecule has 2 heterocycles. The van der Waals surface area contributed by atoms with Crippen LogP contribution in [0.25, 0.3) is 21.3 Å². The number of halogens is 1. The maximum Gasteiger partial charge on any atom is 0.263 e. The van der Waals surface area contributed by atoms with Crippen LogP contribution in [-0.2, 0) is 4.79 Å². The molecule has 1 amide bonds. The molecule has 1 atom stereocenters. The minimum absolute atomic E-state index is 0.217. The van der Waals surface area contributed by atoms with Gasteiger partial charge < -0.3 is 5.32 Å². The largest absolute Gasteiger partial charge is 0.324 e. The Morgan fingerprint density at radius 3 is 2.61 bits per heavy atom. The highest BCUT2D eigenvalue weighted by molar-refractivity contribution is 7.19. The standard InChI is InChI=1S/C24H22ClN3O2S/c1-4-19(22(29)27-18-7-5-6-14(2)12-18)28-13-26-23-21(24(28)30)20(15(3)31-23)16-8-10-17(25)11-9-16/h5-13,19H,4H2,1-3H3,(H,27,29). The summed E-state index contributed by atoms with van der Waals surface area (Å²) in [6.45, 7) is 5.82. The van der Waals surface area contributed by atoms with E-state index in [1.165, 1.54) is 22.2 Å². The summed E-state index contributed by atoms with van der Waals surface area (Å²) in [5.41, 5.74) is 3.29. The van der Waals surface area contributed by atoms with E-state index in [0.717, 1.165) is 21.6 Å². The van der Waals surface area contributed by atoms with Gasteiger partial charge in [0.15, 0.2) is 0 Å². The highest BCUT2D eigenvalue weighted by atomic mass is 35.5. The fourth-order valence-corrected chi connectivity index (χ4v) is 4.89. The number of aromatic nitrogens is 2. The molecular formula is C24H22ClN3O2S. The average molecular weight is 452 g/mol. The van der Waals surface area contributed by atoms with Gasteiger partial charge in [0, 0.05) is 21.2 Å². The Morgan fingerprint density at radius 2 is 1.94 bits per heavy atom. The Hall–Kier alpha value is -2.96. The first-order chi connectivity index (χ1) is 14.9. The molecule has 1 N–H and O–H groups in total. The normalized spacial score (nSPS) is 12.1. The molecule has 0 spiro atoms. The van der Waals surface area contributed by atoms with Gasteiger partial charge in [0.25, 0.3) is 5.56 Å². The van der Waals surface area contributed by atoms with Crippen LogP contribution in [0, 0.1) is 13.8 Å². The molecule has 0 bridgehead atoms. The number of fused-ring (bicyclic) bond motifs is 1. The minimum atomic E-state index is -0.664. The minimum Gasteiger partial charge on any atom is -0.324 e. The van der Waals surface area contributed by atoms with E-state index in [1.54, 1.807) is 12.1 Å². The number of aryl methyl sites for hydroxylation is 2. The van der Waals surface area contributed by atoms with Crippen molar-refractivity contribution in [2.24, 2.45) is 0 Å². The summed E-state index contributed by atoms with van der Waals surface area (Å²) >= 11 is 7.51. The maximum absolute atomic E-state index is 13.5. The number of nitrogens with one attached hydrogen (secondary N) is 1. The molecular weight excluding hydrogens is 430 g/mol. The van der Waals surface area contributed by atoms with E-state index in [9.17, 15) is 9.59 Å². The van der Waals surface area contributed by atoms with E-state index in [0.29, 0.717) is 27.3 Å². The predicted octanol–water partition coefficient (Wildman–Crippen LogP) is 5.99. The van der Waals surface area contributed by atoms with Crippen LogP contribution in [-0.4, -0.2) is 15.5 Å². The van der Waals surface area contributed by atoms with Crippen molar-refractivity contribution in [2.45, 2.75) is 33.2 Å². The summed E-state index contributed by atoms with van der Waals surface area (Å²) in [5.74, 6) is -0.239. The Bertz CT molecular complexity index is 1330. The third kappa shape index (κ3) is 4.13. The highest BCUT2D eigenvalue weighted by Crippen LogP contribution is 2.36. The van der Waals surface area contributed by atoms with Crippen LogP contribution in [0.5, 0.6) is 0 Å². The topological polar surface area (TPSA) is 64.0 Å². The molecule has 0 saturated carbocycles. The Kier molecular flexibility index (Phi) is 5.94. The van der Waals surface area contributed by atoms with Crippen molar-refractivity contribution in [3.8, 4) is 11.1 Å². The molecule has 1 unspecified atom stereocenters. The molecule has 0 aliphatic carbocycles. The van der Waals surface area contributed by atoms with Crippen LogP contribution < -0.4 is 10.9 Å². The molecule has 0 radical (unpaired) electrons. The quantitative estimate of drug-likeness (QED) is 0.405. The molecule has 5 nitrogen and oxygen atoms in total. The summed E-state index contributed by atoms with van der Waals surface area (Å²) in [7, 11) is 0. The lowest BCUT2D eigenvalue weighted by Gasteiger charge is -2.18. The van der Waals surface area contributed by atoms with E-state index >= 15 is 0 Å². The Labute approximate surface area is 189 Å². The first kappa shape index (κ1) is 21.3. The number of carbonyl (C=O) groups excluding carboxylic acids is 1. The third-order valence-corrected chi connectivity index (χ3v) is 6.52. The van der Waals surface area contributed by atoms with Crippen LogP contribution >= 0.6 is 22.9 Å². The van der Waals surface area contributed by atoms with Crippen molar-refractivity contribution in [3.05, 3.63) is 80.7 Å². The molecule has 2 aromatic heterocycles. The molecule has 0 fully saturated rings. The van der Waals surface area contributed by atoms with Crippen LogP contribution in [0.1, 0.15) is 29.8 Å². The summed E-state index contributed by atoms with van der Waals surface area (Å²) in [4.78, 5) is 32.7. The zero-order chi connectivity index (χ0) is 22.1. The van der Waals surface area contributed by atoms with Gasteiger partial charge in [0.1, 0.15) is 10.9 Å². The molecule has 4 aromatic rings. The molecule has 7 heteroatoms. The second kappa shape index (κ2) is 8.65. The summed E-state index contributed by atoms with van der Waals surface area (Å²) in [6, 6.07) is 14.3. The second-order valence-corrected chi connectivity index (χ2v) is 9.10. The van der Waals surface area contributed by atoms with E-state index in [4.69, 9.17) is 11.6 Å². The number of hydrogen-bond acceptors (Lipinski definition) is 4. The molecule has 0 aliphatic rings. The van der Waals surface area contributed by atoms with Crippen molar-refractivity contribution < 1.29 is 4.79 Å². The van der Waals surface area contributed by atoms with Crippen molar-refractivity contribution >= 4 is 44.7 Å². The summed E-state index contributed by atoms with van der Waals surface area (Å²) in [5, 5.41) is 4.10. The number of anilines is 1. The van der Waals surface area contributed by atoms with Crippen molar-refractivity contribution in [2.75, 3.05) is 5.32 Å². The maximum atomic E-state index is 13.5. The predicted molar refractivity (Wildman–Crippen MR) is 128 cm³/mol. The number of rotatable bonds is 5. The number of hydrogen-bond donors (Lipinski definition) is 1. The smallest absolute Gasteiger partial charge is 0.263 e. The van der Waals surface area contributed by atoms with E-state index in [-0.39, 0.29) is 11.5 Å². The lowest BCUT2D eigenvalue weighted by Crippen LogP contribution is -2.33. The van der Waals surface area contributed by atoms with Crippen LogP contribution in [0.4, 0.5) is 5.69 Å². The molecule has 0 aliphatic heterocycles. The van der Waals surface area contributed by atoms with Crippen molar-refractivity contribution in [1.82, 2.24) is 9.55 Å². The number of nitrogens with zero attached hydrogens (tertiary/aromatic N) is 2. The van der Waals surface area contributed by atoms with E-state index in [1.807, 2.05) is 57.2 Å². The van der Waals surface area contributed by atoms with E-state index in [2.05, 4.69) is 10.3 Å². The van der Waals surface area contributed by atoms with Crippen molar-refractivity contribution in [3.63, 3.8) is 0 Å². The lowest BCUT2D eigenvalue weighted by molar-refractivity contribution is -0.119. The van der Waals surface area contributed by atoms with Crippen LogP contribution in [0.15, 0.2) is 59.7 Å². The third-order valence-electron chi connectivity index (χ3n) is 5.26. The van der Waals surface area contributed by atoms with Crippen LogP contribution in [0.3, 0.4) is 0 Å². The van der Waals surface area contributed by atoms with Gasteiger partial charge in [-0.1, -0.05) is 42.8 Å². The first-order valence-corrected chi connectivity index (χ1v) is 11.2. The molecule has 0 saturated heterocycles. The zero-order valence-corrected chi connectivity index (χ0v) is 19.1. The fraction of sp³-hybridized carbons (Fsp3) is 0.208. The van der Waals surface area contributed by atoms with Gasteiger partial charge in [0.2, 0.25) is 5.91 Å². The Morgan fingerprint density at radius 1 is 1.19 bits per heavy atom. The summed E-state index contributed by atoms with van der Waals surface area (Å²) < 4.78 is 1.44. The summed E-state index contributed by atoms with van der Waals surface area (Å²) in [6.07, 6.45) is 1.94. The highest BCUT2D eigenvalue weighted by Gasteiger charge is 2.24. The van der Waals surface area contributed by atoms with Gasteiger partial charge >= 0.3 is 0 Å². The van der Waals surface area contributed by atoms with Crippen LogP contribution in [0.2, 0.25) is 5.02 Å². The van der Waals surface area contributed by atoms with Gasteiger partial charge in [-0.3, -0.25) is 14.2 Å². The monoisotopic (exact) mass is 451 g/mol. The van der Waals surface area contributed by atoms with Gasteiger partial charge in [-0.15, -0.1) is 11.3 Å². The fourth-order valence-electron chi connectivity index (χ4n) is 3.76. The van der Waals surface area contributed by atoms with Gasteiger partial charge in [-0.25, -0.2) is 4.98 Å². The molecule has 31 heavy (non-hydrogen) atoms. The SMILES string of the molecule is CCC(C(=O)Nc1cccc(C)c1)n1cnc2sc(C)c(-c3ccc(Cl)cc3)c2c1=O. The van der Waals surface area contributed by atoms with Gasteiger partial charge in [-0.2, -0.15) is 0 Å². The van der Waals surface area contributed by atoms with Gasteiger partial charge in [0.05, 0.1) is 11.7 Å².